The van der Waals surface area contributed by atoms with E-state index in [0.29, 0.717) is 6.61 Å². The highest BCUT2D eigenvalue weighted by atomic mass is 16.7. The molecule has 4 rings (SSSR count). The van der Waals surface area contributed by atoms with E-state index in [1.807, 2.05) is 56.4 Å². The zero-order valence-electron chi connectivity index (χ0n) is 14.3. The lowest BCUT2D eigenvalue weighted by atomic mass is 9.74. The van der Waals surface area contributed by atoms with Gasteiger partial charge in [0.25, 0.3) is 5.91 Å². The maximum atomic E-state index is 12.9. The molecule has 3 atom stereocenters. The SMILES string of the molecule is CC1C(=O)N(OCc2ccccc2)[C@@H]2N(C)c3ccccc3[C@]12C. The molecule has 2 heterocycles. The lowest BCUT2D eigenvalue weighted by Crippen LogP contribution is -2.48. The molecule has 0 bridgehead atoms. The number of fused-ring (bicyclic) bond motifs is 3. The Labute approximate surface area is 142 Å². The van der Waals surface area contributed by atoms with Crippen LogP contribution in [0.3, 0.4) is 0 Å². The molecule has 24 heavy (non-hydrogen) atoms. The molecule has 0 aliphatic carbocycles. The quantitative estimate of drug-likeness (QED) is 0.869. The average Bonchev–Trinajstić information content (AvgIpc) is 2.96. The lowest BCUT2D eigenvalue weighted by Gasteiger charge is -2.33. The van der Waals surface area contributed by atoms with Crippen LogP contribution in [0.2, 0.25) is 0 Å². The second kappa shape index (κ2) is 5.35. The number of hydroxylamine groups is 2. The summed E-state index contributed by atoms with van der Waals surface area (Å²) < 4.78 is 0. The fraction of sp³-hybridized carbons (Fsp3) is 0.350. The molecular formula is C20H22N2O2. The first-order valence-corrected chi connectivity index (χ1v) is 8.37. The second-order valence-electron chi connectivity index (χ2n) is 6.93. The van der Waals surface area contributed by atoms with Crippen LogP contribution in [0, 0.1) is 5.92 Å². The van der Waals surface area contributed by atoms with E-state index in [1.54, 1.807) is 5.06 Å². The zero-order valence-corrected chi connectivity index (χ0v) is 14.3. The third kappa shape index (κ3) is 1.93. The van der Waals surface area contributed by atoms with Gasteiger partial charge in [0.1, 0.15) is 12.8 Å². The largest absolute Gasteiger partial charge is 0.351 e. The predicted octanol–water partition coefficient (Wildman–Crippen LogP) is 3.33. The van der Waals surface area contributed by atoms with Gasteiger partial charge in [-0.1, -0.05) is 62.4 Å². The lowest BCUT2D eigenvalue weighted by molar-refractivity contribution is -0.197. The first kappa shape index (κ1) is 15.2. The van der Waals surface area contributed by atoms with E-state index in [4.69, 9.17) is 4.84 Å². The minimum Gasteiger partial charge on any atom is -0.351 e. The molecule has 0 saturated carbocycles. The number of hydrogen-bond acceptors (Lipinski definition) is 3. The van der Waals surface area contributed by atoms with Crippen molar-refractivity contribution in [2.45, 2.75) is 32.0 Å². The van der Waals surface area contributed by atoms with Crippen molar-refractivity contribution in [3.63, 3.8) is 0 Å². The van der Waals surface area contributed by atoms with Crippen LogP contribution in [0.5, 0.6) is 0 Å². The number of carbonyl (C=O) groups excluding carboxylic acids is 1. The first-order chi connectivity index (χ1) is 11.5. The molecule has 2 aliphatic rings. The van der Waals surface area contributed by atoms with Gasteiger partial charge in [0, 0.05) is 18.2 Å². The topological polar surface area (TPSA) is 32.8 Å². The minimum atomic E-state index is -0.265. The van der Waals surface area contributed by atoms with Crippen molar-refractivity contribution in [2.24, 2.45) is 5.92 Å². The highest BCUT2D eigenvalue weighted by Gasteiger charge is 2.62. The molecule has 0 aromatic heterocycles. The molecule has 1 amide bonds. The second-order valence-corrected chi connectivity index (χ2v) is 6.93. The molecule has 0 spiro atoms. The molecule has 0 radical (unpaired) electrons. The van der Waals surface area contributed by atoms with Gasteiger partial charge in [-0.3, -0.25) is 9.63 Å². The maximum Gasteiger partial charge on any atom is 0.252 e. The number of rotatable bonds is 3. The highest BCUT2D eigenvalue weighted by Crippen LogP contribution is 2.54. The summed E-state index contributed by atoms with van der Waals surface area (Å²) in [5, 5.41) is 1.59. The zero-order chi connectivity index (χ0) is 16.9. The fourth-order valence-corrected chi connectivity index (χ4v) is 4.19. The van der Waals surface area contributed by atoms with Gasteiger partial charge in [-0.25, -0.2) is 0 Å². The number of nitrogens with zero attached hydrogens (tertiary/aromatic N) is 2. The van der Waals surface area contributed by atoms with Crippen molar-refractivity contribution in [1.29, 1.82) is 0 Å². The molecule has 0 N–H and O–H groups in total. The summed E-state index contributed by atoms with van der Waals surface area (Å²) in [5.74, 6) is -0.0656. The molecule has 4 nitrogen and oxygen atoms in total. The van der Waals surface area contributed by atoms with Crippen molar-refractivity contribution in [1.82, 2.24) is 5.06 Å². The van der Waals surface area contributed by atoms with Crippen LogP contribution < -0.4 is 4.90 Å². The Morgan fingerprint density at radius 2 is 1.75 bits per heavy atom. The van der Waals surface area contributed by atoms with E-state index < -0.39 is 0 Å². The summed E-state index contributed by atoms with van der Waals surface area (Å²) in [6.07, 6.45) is -0.110. The monoisotopic (exact) mass is 322 g/mol. The molecule has 1 fully saturated rings. The van der Waals surface area contributed by atoms with Crippen molar-refractivity contribution >= 4 is 11.6 Å². The number of anilines is 1. The van der Waals surface area contributed by atoms with Crippen molar-refractivity contribution in [3.8, 4) is 0 Å². The van der Waals surface area contributed by atoms with Gasteiger partial charge >= 0.3 is 0 Å². The summed E-state index contributed by atoms with van der Waals surface area (Å²) in [6.45, 7) is 4.58. The number of hydrogen-bond donors (Lipinski definition) is 0. The van der Waals surface area contributed by atoms with Crippen molar-refractivity contribution < 1.29 is 9.63 Å². The minimum absolute atomic E-state index is 0.0554. The van der Waals surface area contributed by atoms with Crippen LogP contribution in [-0.4, -0.2) is 24.2 Å². The van der Waals surface area contributed by atoms with Crippen LogP contribution in [0.15, 0.2) is 54.6 Å². The standard InChI is InChI=1S/C20H22N2O2/c1-14-18(23)22(24-13-15-9-5-4-6-10-15)19-20(14,2)16-11-7-8-12-17(16)21(19)3/h4-12,14,19H,13H2,1-3H3/t14?,19-,20-/m0/s1. The number of benzene rings is 2. The molecule has 2 aromatic carbocycles. The van der Waals surface area contributed by atoms with Crippen LogP contribution >= 0.6 is 0 Å². The number of para-hydroxylation sites is 1. The van der Waals surface area contributed by atoms with Crippen LogP contribution in [0.25, 0.3) is 0 Å². The first-order valence-electron chi connectivity index (χ1n) is 8.37. The van der Waals surface area contributed by atoms with Gasteiger partial charge < -0.3 is 4.90 Å². The van der Waals surface area contributed by atoms with E-state index in [1.165, 1.54) is 11.3 Å². The smallest absolute Gasteiger partial charge is 0.252 e. The summed E-state index contributed by atoms with van der Waals surface area (Å²) >= 11 is 0. The van der Waals surface area contributed by atoms with Crippen molar-refractivity contribution in [2.75, 3.05) is 11.9 Å². The summed E-state index contributed by atoms with van der Waals surface area (Å²) in [4.78, 5) is 21.0. The van der Waals surface area contributed by atoms with Gasteiger partial charge in [0.2, 0.25) is 0 Å². The van der Waals surface area contributed by atoms with Crippen molar-refractivity contribution in [3.05, 3.63) is 65.7 Å². The van der Waals surface area contributed by atoms with Gasteiger partial charge in [-0.05, 0) is 17.2 Å². The molecule has 2 aliphatic heterocycles. The summed E-state index contributed by atoms with van der Waals surface area (Å²) in [6, 6.07) is 18.3. The van der Waals surface area contributed by atoms with Crippen LogP contribution in [0.4, 0.5) is 5.69 Å². The highest BCUT2D eigenvalue weighted by molar-refractivity contribution is 5.86. The van der Waals surface area contributed by atoms with Crippen LogP contribution in [0.1, 0.15) is 25.0 Å². The number of carbonyl (C=O) groups is 1. The molecule has 124 valence electrons. The van der Waals surface area contributed by atoms with E-state index in [2.05, 4.69) is 24.0 Å². The fourth-order valence-electron chi connectivity index (χ4n) is 4.19. The average molecular weight is 322 g/mol. The Bertz CT molecular complexity index is 776. The maximum absolute atomic E-state index is 12.9. The molecular weight excluding hydrogens is 300 g/mol. The van der Waals surface area contributed by atoms with Gasteiger partial charge in [-0.15, -0.1) is 0 Å². The third-order valence-electron chi connectivity index (χ3n) is 5.69. The third-order valence-corrected chi connectivity index (χ3v) is 5.69. The summed E-state index contributed by atoms with van der Waals surface area (Å²) in [5.41, 5.74) is 3.20. The Kier molecular flexibility index (Phi) is 3.39. The van der Waals surface area contributed by atoms with Crippen LogP contribution in [-0.2, 0) is 21.7 Å². The van der Waals surface area contributed by atoms with Gasteiger partial charge in [0.15, 0.2) is 0 Å². The van der Waals surface area contributed by atoms with Gasteiger partial charge in [0.05, 0.1) is 5.92 Å². The van der Waals surface area contributed by atoms with E-state index >= 15 is 0 Å². The van der Waals surface area contributed by atoms with E-state index in [-0.39, 0.29) is 23.4 Å². The molecule has 4 heteroatoms. The molecule has 1 saturated heterocycles. The molecule has 1 unspecified atom stereocenters. The Hall–Kier alpha value is -2.33. The number of amides is 1. The Morgan fingerprint density at radius 3 is 2.50 bits per heavy atom. The van der Waals surface area contributed by atoms with E-state index in [0.717, 1.165) is 5.56 Å². The number of likely N-dealkylation sites (N-methyl/N-ethyl adjacent to an activating group) is 1. The predicted molar refractivity (Wildman–Crippen MR) is 93.2 cm³/mol. The van der Waals surface area contributed by atoms with E-state index in [9.17, 15) is 4.79 Å². The normalized spacial score (nSPS) is 28.2. The Morgan fingerprint density at radius 1 is 1.08 bits per heavy atom. The molecule has 2 aromatic rings. The Balaban J connectivity index is 1.67. The van der Waals surface area contributed by atoms with Gasteiger partial charge in [-0.2, -0.15) is 5.06 Å². The summed E-state index contributed by atoms with van der Waals surface area (Å²) in [7, 11) is 2.04.